The molecule has 8 heteroatoms. The maximum absolute atomic E-state index is 12.8. The fourth-order valence-corrected chi connectivity index (χ4v) is 1.32. The zero-order valence-electron chi connectivity index (χ0n) is 9.65. The number of carbonyl (C=O) groups excluding carboxylic acids is 1. The van der Waals surface area contributed by atoms with E-state index in [9.17, 15) is 22.8 Å². The van der Waals surface area contributed by atoms with Gasteiger partial charge < -0.3 is 10.4 Å². The second-order valence-corrected chi connectivity index (χ2v) is 3.69. The van der Waals surface area contributed by atoms with E-state index in [-0.39, 0.29) is 5.69 Å². The van der Waals surface area contributed by atoms with Crippen molar-refractivity contribution in [3.8, 4) is 0 Å². The minimum absolute atomic E-state index is 0.348. The molecule has 0 fully saturated rings. The topological polar surface area (TPSA) is 79.3 Å². The van der Waals surface area contributed by atoms with Crippen molar-refractivity contribution < 1.29 is 27.9 Å². The molecule has 1 amide bonds. The van der Waals surface area contributed by atoms with Gasteiger partial charge in [-0.25, -0.2) is 0 Å². The van der Waals surface area contributed by atoms with Crippen molar-refractivity contribution in [3.05, 3.63) is 30.1 Å². The predicted molar refractivity (Wildman–Crippen MR) is 58.0 cm³/mol. The number of aromatic nitrogens is 1. The third-order valence-corrected chi connectivity index (χ3v) is 2.18. The molecule has 0 saturated heterocycles. The number of amides is 1. The van der Waals surface area contributed by atoms with Gasteiger partial charge in [0, 0.05) is 12.6 Å². The van der Waals surface area contributed by atoms with Crippen LogP contribution in [0.1, 0.15) is 24.6 Å². The summed E-state index contributed by atoms with van der Waals surface area (Å²) in [5.41, 5.74) is -0.348. The Labute approximate surface area is 106 Å². The maximum Gasteiger partial charge on any atom is 0.414 e. The summed E-state index contributed by atoms with van der Waals surface area (Å²) >= 11 is 0. The lowest BCUT2D eigenvalue weighted by molar-refractivity contribution is -0.164. The van der Waals surface area contributed by atoms with Gasteiger partial charge in [-0.15, -0.1) is 0 Å². The first-order valence-corrected chi connectivity index (χ1v) is 5.29. The SMILES string of the molecule is O=C(O)CCC(=O)N[C@@H](c1ccccn1)C(F)(F)F. The number of alkyl halides is 3. The van der Waals surface area contributed by atoms with Crippen LogP contribution in [0.15, 0.2) is 24.4 Å². The van der Waals surface area contributed by atoms with Gasteiger partial charge >= 0.3 is 12.1 Å². The number of carboxylic acids is 1. The van der Waals surface area contributed by atoms with Crippen molar-refractivity contribution in [1.82, 2.24) is 10.3 Å². The molecule has 0 bridgehead atoms. The summed E-state index contributed by atoms with van der Waals surface area (Å²) < 4.78 is 38.4. The Hall–Kier alpha value is -2.12. The summed E-state index contributed by atoms with van der Waals surface area (Å²) in [7, 11) is 0. The van der Waals surface area contributed by atoms with E-state index in [1.54, 1.807) is 5.32 Å². The first kappa shape index (κ1) is 14.9. The molecule has 0 aromatic carbocycles. The van der Waals surface area contributed by atoms with Crippen LogP contribution in [0, 0.1) is 0 Å². The Kier molecular flexibility index (Phi) is 4.85. The van der Waals surface area contributed by atoms with E-state index in [1.807, 2.05) is 0 Å². The fourth-order valence-electron chi connectivity index (χ4n) is 1.32. The summed E-state index contributed by atoms with van der Waals surface area (Å²) in [6.07, 6.45) is -4.57. The summed E-state index contributed by atoms with van der Waals surface area (Å²) in [6.45, 7) is 0. The Bertz CT molecular complexity index is 448. The standard InChI is InChI=1S/C11H11F3N2O3/c12-11(13,14)10(7-3-1-2-6-15-7)16-8(17)4-5-9(18)19/h1-3,6,10H,4-5H2,(H,16,17)(H,18,19)/t10-/m0/s1. The van der Waals surface area contributed by atoms with Crippen LogP contribution in [0.2, 0.25) is 0 Å². The molecule has 0 aliphatic rings. The Balaban J connectivity index is 2.77. The van der Waals surface area contributed by atoms with E-state index in [1.165, 1.54) is 18.3 Å². The quantitative estimate of drug-likeness (QED) is 0.857. The first-order chi connectivity index (χ1) is 8.80. The Morgan fingerprint density at radius 3 is 2.47 bits per heavy atom. The van der Waals surface area contributed by atoms with E-state index < -0.39 is 36.9 Å². The molecule has 1 rings (SSSR count). The molecular formula is C11H11F3N2O3. The van der Waals surface area contributed by atoms with Gasteiger partial charge in [-0.05, 0) is 12.1 Å². The van der Waals surface area contributed by atoms with Gasteiger partial charge in [0.05, 0.1) is 12.1 Å². The lowest BCUT2D eigenvalue weighted by Gasteiger charge is -2.20. The summed E-state index contributed by atoms with van der Waals surface area (Å²) in [4.78, 5) is 25.1. The van der Waals surface area contributed by atoms with Gasteiger partial charge in [-0.3, -0.25) is 14.6 Å². The molecule has 2 N–H and O–H groups in total. The molecule has 0 saturated carbocycles. The van der Waals surface area contributed by atoms with Crippen LogP contribution in [0.4, 0.5) is 13.2 Å². The number of hydrogen-bond acceptors (Lipinski definition) is 3. The number of rotatable bonds is 5. The van der Waals surface area contributed by atoms with Crippen molar-refractivity contribution in [2.24, 2.45) is 0 Å². The van der Waals surface area contributed by atoms with Crippen LogP contribution >= 0.6 is 0 Å². The number of halogens is 3. The van der Waals surface area contributed by atoms with Crippen LogP contribution in [-0.2, 0) is 9.59 Å². The molecule has 0 aliphatic heterocycles. The van der Waals surface area contributed by atoms with E-state index in [0.717, 1.165) is 6.07 Å². The van der Waals surface area contributed by atoms with Crippen LogP contribution in [-0.4, -0.2) is 28.1 Å². The molecule has 0 unspecified atom stereocenters. The van der Waals surface area contributed by atoms with Crippen molar-refractivity contribution in [3.63, 3.8) is 0 Å². The molecule has 0 spiro atoms. The van der Waals surface area contributed by atoms with Crippen LogP contribution in [0.5, 0.6) is 0 Å². The maximum atomic E-state index is 12.8. The molecule has 1 atom stereocenters. The molecular weight excluding hydrogens is 265 g/mol. The Morgan fingerprint density at radius 1 is 1.32 bits per heavy atom. The number of nitrogens with zero attached hydrogens (tertiary/aromatic N) is 1. The van der Waals surface area contributed by atoms with Crippen LogP contribution < -0.4 is 5.32 Å². The van der Waals surface area contributed by atoms with E-state index in [4.69, 9.17) is 5.11 Å². The number of aliphatic carboxylic acids is 1. The number of hydrogen-bond donors (Lipinski definition) is 2. The van der Waals surface area contributed by atoms with E-state index in [0.29, 0.717) is 0 Å². The van der Waals surface area contributed by atoms with E-state index in [2.05, 4.69) is 4.98 Å². The highest BCUT2D eigenvalue weighted by molar-refractivity contribution is 5.80. The number of pyridine rings is 1. The van der Waals surface area contributed by atoms with Crippen molar-refractivity contribution >= 4 is 11.9 Å². The normalized spacial score (nSPS) is 12.8. The lowest BCUT2D eigenvalue weighted by Crippen LogP contribution is -2.38. The van der Waals surface area contributed by atoms with Crippen molar-refractivity contribution in [2.75, 3.05) is 0 Å². The first-order valence-electron chi connectivity index (χ1n) is 5.29. The summed E-state index contributed by atoms with van der Waals surface area (Å²) in [5.74, 6) is -2.24. The molecule has 1 heterocycles. The molecule has 1 aromatic rings. The van der Waals surface area contributed by atoms with Gasteiger partial charge in [0.1, 0.15) is 0 Å². The molecule has 5 nitrogen and oxygen atoms in total. The zero-order valence-corrected chi connectivity index (χ0v) is 9.65. The van der Waals surface area contributed by atoms with Crippen LogP contribution in [0.3, 0.4) is 0 Å². The lowest BCUT2D eigenvalue weighted by atomic mass is 10.1. The van der Waals surface area contributed by atoms with Crippen molar-refractivity contribution in [2.45, 2.75) is 25.1 Å². The van der Waals surface area contributed by atoms with Gasteiger partial charge in [0.2, 0.25) is 5.91 Å². The number of carboxylic acid groups (broad SMARTS) is 1. The minimum Gasteiger partial charge on any atom is -0.481 e. The fraction of sp³-hybridized carbons (Fsp3) is 0.364. The predicted octanol–water partition coefficient (Wildman–Crippen LogP) is 1.67. The highest BCUT2D eigenvalue weighted by atomic mass is 19.4. The largest absolute Gasteiger partial charge is 0.481 e. The number of nitrogens with one attached hydrogen (secondary N) is 1. The summed E-state index contributed by atoms with van der Waals surface area (Å²) in [6, 6.07) is 1.71. The molecule has 0 radical (unpaired) electrons. The van der Waals surface area contributed by atoms with Gasteiger partial charge in [-0.1, -0.05) is 6.07 Å². The Morgan fingerprint density at radius 2 is 2.00 bits per heavy atom. The highest BCUT2D eigenvalue weighted by Gasteiger charge is 2.42. The minimum atomic E-state index is -4.70. The van der Waals surface area contributed by atoms with Crippen LogP contribution in [0.25, 0.3) is 0 Å². The third-order valence-electron chi connectivity index (χ3n) is 2.18. The van der Waals surface area contributed by atoms with Gasteiger partial charge in [-0.2, -0.15) is 13.2 Å². The van der Waals surface area contributed by atoms with E-state index >= 15 is 0 Å². The summed E-state index contributed by atoms with van der Waals surface area (Å²) in [5, 5.41) is 10.1. The second kappa shape index (κ2) is 6.17. The molecule has 0 aliphatic carbocycles. The van der Waals surface area contributed by atoms with Gasteiger partial charge in [0.25, 0.3) is 0 Å². The molecule has 104 valence electrons. The average molecular weight is 276 g/mol. The highest BCUT2D eigenvalue weighted by Crippen LogP contribution is 2.31. The second-order valence-electron chi connectivity index (χ2n) is 3.69. The number of carbonyl (C=O) groups is 2. The third kappa shape index (κ3) is 4.94. The zero-order chi connectivity index (χ0) is 14.5. The van der Waals surface area contributed by atoms with Gasteiger partial charge in [0.15, 0.2) is 6.04 Å². The van der Waals surface area contributed by atoms with Crippen molar-refractivity contribution in [1.29, 1.82) is 0 Å². The average Bonchev–Trinajstić information content (AvgIpc) is 2.33. The molecule has 1 aromatic heterocycles. The smallest absolute Gasteiger partial charge is 0.414 e. The monoisotopic (exact) mass is 276 g/mol. The molecule has 19 heavy (non-hydrogen) atoms.